The highest BCUT2D eigenvalue weighted by Gasteiger charge is 1.96. The van der Waals surface area contributed by atoms with Crippen molar-refractivity contribution in [3.63, 3.8) is 0 Å². The van der Waals surface area contributed by atoms with Gasteiger partial charge in [0.2, 0.25) is 5.91 Å². The first-order valence-corrected chi connectivity index (χ1v) is 4.72. The zero-order chi connectivity index (χ0) is 11.7. The Labute approximate surface area is 90.6 Å². The molecule has 3 heteroatoms. The number of amides is 1. The van der Waals surface area contributed by atoms with Crippen molar-refractivity contribution in [1.29, 1.82) is 0 Å². The highest BCUT2D eigenvalue weighted by Crippen LogP contribution is 2.04. The van der Waals surface area contributed by atoms with Crippen molar-refractivity contribution >= 4 is 5.91 Å². The summed E-state index contributed by atoms with van der Waals surface area (Å²) in [7, 11) is 0. The van der Waals surface area contributed by atoms with Gasteiger partial charge in [-0.05, 0) is 31.6 Å². The minimum absolute atomic E-state index is 0.249. The molecule has 1 amide bonds. The monoisotopic (exact) mass is 207 g/mol. The van der Waals surface area contributed by atoms with Crippen LogP contribution >= 0.6 is 0 Å². The van der Waals surface area contributed by atoms with Crippen LogP contribution < -0.4 is 5.73 Å². The summed E-state index contributed by atoms with van der Waals surface area (Å²) in [5.74, 6) is 0.144. The van der Waals surface area contributed by atoms with E-state index >= 15 is 0 Å². The molecule has 0 atom stereocenters. The van der Waals surface area contributed by atoms with Crippen LogP contribution in [0.4, 0.5) is 0 Å². The number of hydrogen-bond acceptors (Lipinski definition) is 2. The average Bonchev–Trinajstić information content (AvgIpc) is 2.21. The number of hydrogen-bond donors (Lipinski definition) is 1. The molecule has 0 aromatic heterocycles. The van der Waals surface area contributed by atoms with Crippen molar-refractivity contribution in [2.75, 3.05) is 6.61 Å². The Kier molecular flexibility index (Phi) is 6.72. The Morgan fingerprint density at radius 1 is 1.47 bits per heavy atom. The summed E-state index contributed by atoms with van der Waals surface area (Å²) in [4.78, 5) is 10.7. The number of carbonyl (C=O) groups is 1. The molecule has 0 aliphatic rings. The maximum atomic E-state index is 10.7. The molecule has 0 saturated carbocycles. The van der Waals surface area contributed by atoms with Gasteiger partial charge in [0.05, 0.1) is 6.61 Å². The van der Waals surface area contributed by atoms with Crippen molar-refractivity contribution < 1.29 is 9.53 Å². The highest BCUT2D eigenvalue weighted by molar-refractivity contribution is 5.94. The SMILES string of the molecule is C=CC/C=C(\C=C/C(=C)C(N)=O)OCC. The standard InChI is InChI=1S/C12H17NO2/c1-4-6-7-11(15-5-2)9-8-10(3)12(13)14/h4,7-9H,1,3,5-6H2,2H3,(H2,13,14)/b9-8-,11-7+. The molecule has 2 N–H and O–H groups in total. The molecular formula is C12H17NO2. The zero-order valence-electron chi connectivity index (χ0n) is 9.03. The number of carbonyl (C=O) groups excluding carboxylic acids is 1. The summed E-state index contributed by atoms with van der Waals surface area (Å²) >= 11 is 0. The summed E-state index contributed by atoms with van der Waals surface area (Å²) in [5.41, 5.74) is 5.28. The lowest BCUT2D eigenvalue weighted by Crippen LogP contribution is -2.11. The molecule has 3 nitrogen and oxygen atoms in total. The van der Waals surface area contributed by atoms with Crippen molar-refractivity contribution in [2.45, 2.75) is 13.3 Å². The van der Waals surface area contributed by atoms with Crippen LogP contribution in [0.25, 0.3) is 0 Å². The van der Waals surface area contributed by atoms with Gasteiger partial charge >= 0.3 is 0 Å². The zero-order valence-corrected chi connectivity index (χ0v) is 9.03. The summed E-state index contributed by atoms with van der Waals surface area (Å²) in [6, 6.07) is 0. The quantitative estimate of drug-likeness (QED) is 0.301. The van der Waals surface area contributed by atoms with Gasteiger partial charge in [0.1, 0.15) is 5.76 Å². The Hall–Kier alpha value is -1.77. The predicted octanol–water partition coefficient (Wildman–Crippen LogP) is 2.08. The Morgan fingerprint density at radius 2 is 2.13 bits per heavy atom. The average molecular weight is 207 g/mol. The van der Waals surface area contributed by atoms with Gasteiger partial charge in [0.15, 0.2) is 0 Å². The molecule has 0 bridgehead atoms. The van der Waals surface area contributed by atoms with Crippen molar-refractivity contribution in [2.24, 2.45) is 5.73 Å². The van der Waals surface area contributed by atoms with Crippen LogP contribution in [0, 0.1) is 0 Å². The molecule has 0 aliphatic carbocycles. The van der Waals surface area contributed by atoms with E-state index in [1.165, 1.54) is 6.08 Å². The van der Waals surface area contributed by atoms with E-state index in [1.54, 1.807) is 12.2 Å². The van der Waals surface area contributed by atoms with Gasteiger partial charge in [-0.25, -0.2) is 0 Å². The van der Waals surface area contributed by atoms with Crippen LogP contribution in [0.15, 0.2) is 48.8 Å². The number of nitrogens with two attached hydrogens (primary N) is 1. The molecule has 0 radical (unpaired) electrons. The molecule has 15 heavy (non-hydrogen) atoms. The number of allylic oxidation sites excluding steroid dienone is 3. The second-order valence-corrected chi connectivity index (χ2v) is 2.79. The van der Waals surface area contributed by atoms with Crippen LogP contribution in [-0.4, -0.2) is 12.5 Å². The highest BCUT2D eigenvalue weighted by atomic mass is 16.5. The van der Waals surface area contributed by atoms with Gasteiger partial charge in [-0.2, -0.15) is 0 Å². The summed E-state index contributed by atoms with van der Waals surface area (Å²) < 4.78 is 5.31. The topological polar surface area (TPSA) is 52.3 Å². The number of primary amides is 1. The minimum Gasteiger partial charge on any atom is -0.494 e. The maximum absolute atomic E-state index is 10.7. The van der Waals surface area contributed by atoms with E-state index in [0.717, 1.165) is 0 Å². The number of rotatable bonds is 7. The van der Waals surface area contributed by atoms with E-state index in [4.69, 9.17) is 10.5 Å². The second-order valence-electron chi connectivity index (χ2n) is 2.79. The van der Waals surface area contributed by atoms with Crippen LogP contribution in [0.5, 0.6) is 0 Å². The molecule has 0 heterocycles. The third-order valence-corrected chi connectivity index (χ3v) is 1.56. The summed E-state index contributed by atoms with van der Waals surface area (Å²) in [6.07, 6.45) is 7.53. The number of ether oxygens (including phenoxy) is 1. The fraction of sp³-hybridized carbons (Fsp3) is 0.250. The molecule has 0 fully saturated rings. The third kappa shape index (κ3) is 6.32. The summed E-state index contributed by atoms with van der Waals surface area (Å²) in [5, 5.41) is 0. The second kappa shape index (κ2) is 7.62. The van der Waals surface area contributed by atoms with Gasteiger partial charge in [0, 0.05) is 5.57 Å². The molecule has 0 rings (SSSR count). The maximum Gasteiger partial charge on any atom is 0.248 e. The van der Waals surface area contributed by atoms with E-state index in [0.29, 0.717) is 18.8 Å². The normalized spacial score (nSPS) is 11.4. The van der Waals surface area contributed by atoms with Gasteiger partial charge < -0.3 is 10.5 Å². The van der Waals surface area contributed by atoms with E-state index < -0.39 is 5.91 Å². The molecule has 0 aromatic rings. The van der Waals surface area contributed by atoms with Crippen LogP contribution in [0.3, 0.4) is 0 Å². The van der Waals surface area contributed by atoms with Gasteiger partial charge in [-0.3, -0.25) is 4.79 Å². The van der Waals surface area contributed by atoms with Gasteiger partial charge in [-0.15, -0.1) is 6.58 Å². The molecular weight excluding hydrogens is 190 g/mol. The molecule has 0 aromatic carbocycles. The third-order valence-electron chi connectivity index (χ3n) is 1.56. The molecule has 0 aliphatic heterocycles. The molecule has 0 unspecified atom stereocenters. The Morgan fingerprint density at radius 3 is 2.60 bits per heavy atom. The van der Waals surface area contributed by atoms with Gasteiger partial charge in [-0.1, -0.05) is 12.7 Å². The molecule has 0 saturated heterocycles. The Bertz CT molecular complexity index is 301. The first-order valence-electron chi connectivity index (χ1n) is 4.72. The first-order chi connectivity index (χ1) is 7.11. The Balaban J connectivity index is 4.46. The molecule has 0 spiro atoms. The summed E-state index contributed by atoms with van der Waals surface area (Å²) in [6.45, 7) is 9.56. The van der Waals surface area contributed by atoms with Crippen molar-refractivity contribution in [3.8, 4) is 0 Å². The van der Waals surface area contributed by atoms with Crippen LogP contribution in [0.2, 0.25) is 0 Å². The lowest BCUT2D eigenvalue weighted by Gasteiger charge is -2.02. The first kappa shape index (κ1) is 13.2. The van der Waals surface area contributed by atoms with E-state index in [-0.39, 0.29) is 5.57 Å². The van der Waals surface area contributed by atoms with Crippen molar-refractivity contribution in [3.05, 3.63) is 48.8 Å². The fourth-order valence-electron chi connectivity index (χ4n) is 0.806. The molecule has 82 valence electrons. The minimum atomic E-state index is -0.536. The van der Waals surface area contributed by atoms with E-state index in [9.17, 15) is 4.79 Å². The van der Waals surface area contributed by atoms with Crippen LogP contribution in [-0.2, 0) is 9.53 Å². The lowest BCUT2D eigenvalue weighted by atomic mass is 10.2. The van der Waals surface area contributed by atoms with E-state index in [1.807, 2.05) is 13.0 Å². The van der Waals surface area contributed by atoms with Crippen LogP contribution in [0.1, 0.15) is 13.3 Å². The lowest BCUT2D eigenvalue weighted by molar-refractivity contribution is -0.114. The smallest absolute Gasteiger partial charge is 0.248 e. The predicted molar refractivity (Wildman–Crippen MR) is 62.0 cm³/mol. The van der Waals surface area contributed by atoms with Gasteiger partial charge in [0.25, 0.3) is 0 Å². The van der Waals surface area contributed by atoms with Crippen molar-refractivity contribution in [1.82, 2.24) is 0 Å². The fourth-order valence-corrected chi connectivity index (χ4v) is 0.806. The van der Waals surface area contributed by atoms with E-state index in [2.05, 4.69) is 13.2 Å². The largest absolute Gasteiger partial charge is 0.494 e.